The van der Waals surface area contributed by atoms with Crippen molar-refractivity contribution in [3.05, 3.63) is 64.1 Å². The van der Waals surface area contributed by atoms with E-state index in [1.165, 1.54) is 17.5 Å². The molecule has 1 aromatic carbocycles. The molecule has 3 aromatic rings. The van der Waals surface area contributed by atoms with Crippen LogP contribution < -0.4 is 10.6 Å². The second-order valence-corrected chi connectivity index (χ2v) is 6.24. The van der Waals surface area contributed by atoms with Gasteiger partial charge in [-0.1, -0.05) is 18.2 Å². The fraction of sp³-hybridized carbons (Fsp3) is 0.118. The highest BCUT2D eigenvalue weighted by molar-refractivity contribution is 7.10. The molecule has 0 aliphatic rings. The first-order valence-corrected chi connectivity index (χ1v) is 8.24. The Morgan fingerprint density at radius 1 is 1.12 bits per heavy atom. The van der Waals surface area contributed by atoms with Crippen molar-refractivity contribution in [3.63, 3.8) is 0 Å². The predicted octanol–water partition coefficient (Wildman–Crippen LogP) is 3.21. The number of hydrogen-bond acceptors (Lipinski definition) is 4. The number of para-hydroxylation sites is 2. The van der Waals surface area contributed by atoms with E-state index < -0.39 is 0 Å². The number of aryl methyl sites for hydroxylation is 1. The molecule has 2 heterocycles. The largest absolute Gasteiger partial charge is 0.324 e. The summed E-state index contributed by atoms with van der Waals surface area (Å²) >= 11 is 1.54. The van der Waals surface area contributed by atoms with Gasteiger partial charge in [0.2, 0.25) is 5.91 Å². The van der Waals surface area contributed by atoms with E-state index in [4.69, 9.17) is 0 Å². The average molecular weight is 340 g/mol. The number of aromatic amines is 1. The van der Waals surface area contributed by atoms with Crippen LogP contribution >= 0.6 is 11.3 Å². The summed E-state index contributed by atoms with van der Waals surface area (Å²) in [6.07, 6.45) is 1.78. The number of anilines is 2. The van der Waals surface area contributed by atoms with Crippen molar-refractivity contribution >= 4 is 34.5 Å². The predicted molar refractivity (Wildman–Crippen MR) is 94.4 cm³/mol. The summed E-state index contributed by atoms with van der Waals surface area (Å²) in [5, 5.41) is 14.2. The molecule has 0 unspecified atom stereocenters. The van der Waals surface area contributed by atoms with Gasteiger partial charge in [0.1, 0.15) is 0 Å². The standard InChI is InChI=1S/C17H16N4O2S/c1-11-13(10-18-21-11)17(23)20-15-7-3-2-6-14(15)19-16(22)9-12-5-4-8-24-12/h2-8,10H,9H2,1H3,(H,18,21)(H,19,22)(H,20,23). The number of carbonyl (C=O) groups is 2. The summed E-state index contributed by atoms with van der Waals surface area (Å²) in [5.41, 5.74) is 2.26. The van der Waals surface area contributed by atoms with Crippen molar-refractivity contribution < 1.29 is 9.59 Å². The monoisotopic (exact) mass is 340 g/mol. The van der Waals surface area contributed by atoms with Crippen LogP contribution in [0.3, 0.4) is 0 Å². The second kappa shape index (κ2) is 7.10. The van der Waals surface area contributed by atoms with Gasteiger partial charge in [-0.15, -0.1) is 11.3 Å². The summed E-state index contributed by atoms with van der Waals surface area (Å²) in [5.74, 6) is -0.403. The maximum atomic E-state index is 12.3. The average Bonchev–Trinajstić information content (AvgIpc) is 3.20. The molecule has 122 valence electrons. The molecule has 3 N–H and O–H groups in total. The molecule has 24 heavy (non-hydrogen) atoms. The third kappa shape index (κ3) is 3.69. The lowest BCUT2D eigenvalue weighted by molar-refractivity contribution is -0.115. The molecule has 0 saturated carbocycles. The van der Waals surface area contributed by atoms with E-state index in [0.717, 1.165) is 4.88 Å². The molecule has 2 aromatic heterocycles. The lowest BCUT2D eigenvalue weighted by atomic mass is 10.2. The fourth-order valence-electron chi connectivity index (χ4n) is 2.24. The highest BCUT2D eigenvalue weighted by Gasteiger charge is 2.14. The number of carbonyl (C=O) groups excluding carboxylic acids is 2. The highest BCUT2D eigenvalue weighted by atomic mass is 32.1. The van der Waals surface area contributed by atoms with Crippen LogP contribution in [0.1, 0.15) is 20.9 Å². The number of amides is 2. The van der Waals surface area contributed by atoms with E-state index in [2.05, 4.69) is 20.8 Å². The highest BCUT2D eigenvalue weighted by Crippen LogP contribution is 2.22. The number of aromatic nitrogens is 2. The van der Waals surface area contributed by atoms with E-state index in [-0.39, 0.29) is 11.8 Å². The van der Waals surface area contributed by atoms with Crippen molar-refractivity contribution in [3.8, 4) is 0 Å². The van der Waals surface area contributed by atoms with E-state index >= 15 is 0 Å². The summed E-state index contributed by atoms with van der Waals surface area (Å²) in [4.78, 5) is 25.5. The SMILES string of the molecule is Cc1[nH]ncc1C(=O)Nc1ccccc1NC(=O)Cc1cccs1. The summed E-state index contributed by atoms with van der Waals surface area (Å²) in [7, 11) is 0. The van der Waals surface area contributed by atoms with Gasteiger partial charge < -0.3 is 10.6 Å². The number of benzene rings is 1. The van der Waals surface area contributed by atoms with Gasteiger partial charge in [0, 0.05) is 10.6 Å². The van der Waals surface area contributed by atoms with E-state index in [1.807, 2.05) is 17.5 Å². The number of nitrogens with zero attached hydrogens (tertiary/aromatic N) is 1. The molecule has 7 heteroatoms. The molecule has 0 bridgehead atoms. The van der Waals surface area contributed by atoms with Crippen LogP contribution in [0.4, 0.5) is 11.4 Å². The van der Waals surface area contributed by atoms with Crippen molar-refractivity contribution in [1.29, 1.82) is 0 Å². The fourth-order valence-corrected chi connectivity index (χ4v) is 2.94. The summed E-state index contributed by atoms with van der Waals surface area (Å²) in [6, 6.07) is 10.9. The molecule has 3 rings (SSSR count). The van der Waals surface area contributed by atoms with Crippen molar-refractivity contribution in [1.82, 2.24) is 10.2 Å². The maximum absolute atomic E-state index is 12.3. The number of nitrogens with one attached hydrogen (secondary N) is 3. The third-order valence-electron chi connectivity index (χ3n) is 3.44. The third-order valence-corrected chi connectivity index (χ3v) is 4.32. The normalized spacial score (nSPS) is 10.4. The van der Waals surface area contributed by atoms with E-state index in [9.17, 15) is 9.59 Å². The Labute approximate surface area is 142 Å². The number of rotatable bonds is 5. The molecular weight excluding hydrogens is 324 g/mol. The molecule has 0 atom stereocenters. The van der Waals surface area contributed by atoms with Gasteiger partial charge in [0.05, 0.1) is 29.6 Å². The van der Waals surface area contributed by atoms with Crippen LogP contribution in [0, 0.1) is 6.92 Å². The first-order chi connectivity index (χ1) is 11.6. The van der Waals surface area contributed by atoms with Gasteiger partial charge in [-0.3, -0.25) is 14.7 Å². The zero-order chi connectivity index (χ0) is 16.9. The Balaban J connectivity index is 1.72. The van der Waals surface area contributed by atoms with Crippen LogP contribution in [0.5, 0.6) is 0 Å². The minimum atomic E-state index is -0.277. The zero-order valence-electron chi connectivity index (χ0n) is 13.0. The smallest absolute Gasteiger partial charge is 0.259 e. The Morgan fingerprint density at radius 2 is 1.88 bits per heavy atom. The number of thiophene rings is 1. The first kappa shape index (κ1) is 15.9. The van der Waals surface area contributed by atoms with Gasteiger partial charge in [-0.25, -0.2) is 0 Å². The van der Waals surface area contributed by atoms with Crippen LogP contribution in [-0.2, 0) is 11.2 Å². The van der Waals surface area contributed by atoms with E-state index in [1.54, 1.807) is 31.2 Å². The lowest BCUT2D eigenvalue weighted by Gasteiger charge is -2.12. The molecule has 0 aliphatic heterocycles. The Morgan fingerprint density at radius 3 is 2.50 bits per heavy atom. The second-order valence-electron chi connectivity index (χ2n) is 5.21. The molecule has 2 amide bonds. The maximum Gasteiger partial charge on any atom is 0.259 e. The van der Waals surface area contributed by atoms with Crippen LogP contribution in [0.2, 0.25) is 0 Å². The molecule has 0 radical (unpaired) electrons. The first-order valence-electron chi connectivity index (χ1n) is 7.36. The number of H-pyrrole nitrogens is 1. The quantitative estimate of drug-likeness (QED) is 0.666. The van der Waals surface area contributed by atoms with Gasteiger partial charge in [-0.05, 0) is 30.5 Å². The Hall–Kier alpha value is -2.93. The van der Waals surface area contributed by atoms with Crippen LogP contribution in [0.15, 0.2) is 48.0 Å². The molecule has 0 saturated heterocycles. The molecule has 0 spiro atoms. The van der Waals surface area contributed by atoms with Gasteiger partial charge in [0.15, 0.2) is 0 Å². The van der Waals surface area contributed by atoms with Crippen LogP contribution in [0.25, 0.3) is 0 Å². The Bertz CT molecular complexity index is 855. The summed E-state index contributed by atoms with van der Waals surface area (Å²) in [6.45, 7) is 1.77. The van der Waals surface area contributed by atoms with Crippen molar-refractivity contribution in [2.45, 2.75) is 13.3 Å². The number of hydrogen-bond donors (Lipinski definition) is 3. The minimum Gasteiger partial charge on any atom is -0.324 e. The lowest BCUT2D eigenvalue weighted by Crippen LogP contribution is -2.17. The van der Waals surface area contributed by atoms with Crippen molar-refractivity contribution in [2.24, 2.45) is 0 Å². The molecule has 0 fully saturated rings. The van der Waals surface area contributed by atoms with Crippen LogP contribution in [-0.4, -0.2) is 22.0 Å². The topological polar surface area (TPSA) is 86.9 Å². The zero-order valence-corrected chi connectivity index (χ0v) is 13.8. The molecule has 0 aliphatic carbocycles. The Kier molecular flexibility index (Phi) is 4.72. The van der Waals surface area contributed by atoms with Gasteiger partial charge in [0.25, 0.3) is 5.91 Å². The molecule has 6 nitrogen and oxygen atoms in total. The van der Waals surface area contributed by atoms with E-state index in [0.29, 0.717) is 29.1 Å². The van der Waals surface area contributed by atoms with Crippen molar-refractivity contribution in [2.75, 3.05) is 10.6 Å². The molecular formula is C17H16N4O2S. The van der Waals surface area contributed by atoms with Gasteiger partial charge >= 0.3 is 0 Å². The van der Waals surface area contributed by atoms with Gasteiger partial charge in [-0.2, -0.15) is 5.10 Å². The minimum absolute atomic E-state index is 0.126. The summed E-state index contributed by atoms with van der Waals surface area (Å²) < 4.78 is 0.